The van der Waals surface area contributed by atoms with Gasteiger partial charge in [-0.15, -0.1) is 0 Å². The normalized spacial score (nSPS) is 17.1. The van der Waals surface area contributed by atoms with Gasteiger partial charge in [-0.2, -0.15) is 5.26 Å². The third-order valence-electron chi connectivity index (χ3n) is 3.18. The molecule has 2 heterocycles. The van der Waals surface area contributed by atoms with Crippen molar-refractivity contribution in [2.75, 3.05) is 24.5 Å². The van der Waals surface area contributed by atoms with E-state index in [0.717, 1.165) is 38.2 Å². The number of hydrogen-bond donors (Lipinski definition) is 1. The minimum absolute atomic E-state index is 0.522. The van der Waals surface area contributed by atoms with E-state index in [1.165, 1.54) is 0 Å². The van der Waals surface area contributed by atoms with Crippen LogP contribution in [0.5, 0.6) is 0 Å². The Kier molecular flexibility index (Phi) is 3.37. The van der Waals surface area contributed by atoms with Gasteiger partial charge in [-0.25, -0.2) is 4.98 Å². The molecule has 2 N–H and O–H groups in total. The molecule has 0 saturated carbocycles. The summed E-state index contributed by atoms with van der Waals surface area (Å²) in [5, 5.41) is 8.99. The molecule has 1 aromatic heterocycles. The second kappa shape index (κ2) is 4.95. The van der Waals surface area contributed by atoms with Gasteiger partial charge in [0.1, 0.15) is 6.07 Å². The Bertz CT molecular complexity index is 388. The van der Waals surface area contributed by atoms with E-state index in [4.69, 9.17) is 11.0 Å². The number of hydrogen-bond acceptors (Lipinski definition) is 4. The maximum Gasteiger partial charge on any atom is 0.163 e. The summed E-state index contributed by atoms with van der Waals surface area (Å²) in [5.74, 6) is 0.637. The summed E-state index contributed by atoms with van der Waals surface area (Å²) in [4.78, 5) is 6.32. The fourth-order valence-electron chi connectivity index (χ4n) is 2.15. The molecule has 0 bridgehead atoms. The van der Waals surface area contributed by atoms with Crippen LogP contribution in [0.15, 0.2) is 18.3 Å². The van der Waals surface area contributed by atoms with E-state index in [1.807, 2.05) is 12.1 Å². The van der Waals surface area contributed by atoms with E-state index in [2.05, 4.69) is 16.0 Å². The second-order valence-corrected chi connectivity index (χ2v) is 4.15. The van der Waals surface area contributed by atoms with Crippen LogP contribution < -0.4 is 10.6 Å². The van der Waals surface area contributed by atoms with Crippen molar-refractivity contribution < 1.29 is 0 Å². The third-order valence-corrected chi connectivity index (χ3v) is 3.18. The first-order valence-corrected chi connectivity index (χ1v) is 5.65. The molecule has 84 valence electrons. The Morgan fingerprint density at radius 2 is 2.25 bits per heavy atom. The van der Waals surface area contributed by atoms with Crippen LogP contribution in [0.2, 0.25) is 0 Å². The number of nitrogens with zero attached hydrogens (tertiary/aromatic N) is 3. The Balaban J connectivity index is 2.11. The predicted octanol–water partition coefficient (Wildman–Crippen LogP) is 1.13. The van der Waals surface area contributed by atoms with Crippen LogP contribution in [-0.2, 0) is 0 Å². The van der Waals surface area contributed by atoms with Crippen LogP contribution in [0.1, 0.15) is 18.5 Å². The van der Waals surface area contributed by atoms with Crippen molar-refractivity contribution in [3.8, 4) is 6.07 Å². The molecule has 0 aliphatic carbocycles. The van der Waals surface area contributed by atoms with E-state index in [-0.39, 0.29) is 0 Å². The van der Waals surface area contributed by atoms with Crippen molar-refractivity contribution in [1.29, 1.82) is 5.26 Å². The summed E-state index contributed by atoms with van der Waals surface area (Å²) in [7, 11) is 0. The lowest BCUT2D eigenvalue weighted by molar-refractivity contribution is 0.414. The van der Waals surface area contributed by atoms with Crippen LogP contribution in [0.3, 0.4) is 0 Å². The number of anilines is 1. The van der Waals surface area contributed by atoms with Gasteiger partial charge in [0.25, 0.3) is 0 Å². The highest BCUT2D eigenvalue weighted by Crippen LogP contribution is 2.24. The lowest BCUT2D eigenvalue weighted by atomic mass is 9.96. The predicted molar refractivity (Wildman–Crippen MR) is 62.9 cm³/mol. The van der Waals surface area contributed by atoms with Gasteiger partial charge in [-0.1, -0.05) is 0 Å². The summed E-state index contributed by atoms with van der Waals surface area (Å²) in [6.07, 6.45) is 3.88. The lowest BCUT2D eigenvalue weighted by Gasteiger charge is -2.33. The molecule has 1 aliphatic rings. The molecule has 0 spiro atoms. The van der Waals surface area contributed by atoms with E-state index < -0.39 is 0 Å². The van der Waals surface area contributed by atoms with Gasteiger partial charge >= 0.3 is 0 Å². The Morgan fingerprint density at radius 1 is 1.50 bits per heavy atom. The Hall–Kier alpha value is -1.60. The molecule has 1 aliphatic heterocycles. The molecule has 1 aromatic rings. The molecular weight excluding hydrogens is 200 g/mol. The number of rotatable bonds is 2. The molecule has 0 unspecified atom stereocenters. The zero-order chi connectivity index (χ0) is 11.4. The average molecular weight is 216 g/mol. The van der Waals surface area contributed by atoms with Crippen molar-refractivity contribution in [3.63, 3.8) is 0 Å². The first kappa shape index (κ1) is 10.9. The molecule has 0 radical (unpaired) electrons. The SMILES string of the molecule is N#Cc1ncccc1N1CCC(CN)CC1. The van der Waals surface area contributed by atoms with Crippen molar-refractivity contribution in [3.05, 3.63) is 24.0 Å². The Morgan fingerprint density at radius 3 is 2.88 bits per heavy atom. The zero-order valence-corrected chi connectivity index (χ0v) is 9.26. The average Bonchev–Trinajstić information content (AvgIpc) is 2.39. The summed E-state index contributed by atoms with van der Waals surface area (Å²) >= 11 is 0. The molecule has 2 rings (SSSR count). The number of aromatic nitrogens is 1. The van der Waals surface area contributed by atoms with Gasteiger partial charge in [-0.3, -0.25) is 0 Å². The fraction of sp³-hybridized carbons (Fsp3) is 0.500. The van der Waals surface area contributed by atoms with Crippen LogP contribution in [0.4, 0.5) is 5.69 Å². The van der Waals surface area contributed by atoms with Crippen molar-refractivity contribution >= 4 is 5.69 Å². The van der Waals surface area contributed by atoms with Crippen molar-refractivity contribution in [2.24, 2.45) is 11.7 Å². The summed E-state index contributed by atoms with van der Waals surface area (Å²) in [6, 6.07) is 5.99. The summed E-state index contributed by atoms with van der Waals surface area (Å²) < 4.78 is 0. The Labute approximate surface area is 95.7 Å². The topological polar surface area (TPSA) is 65.9 Å². The molecule has 0 amide bonds. The molecule has 16 heavy (non-hydrogen) atoms. The van der Waals surface area contributed by atoms with Gasteiger partial charge in [0, 0.05) is 19.3 Å². The highest BCUT2D eigenvalue weighted by molar-refractivity contribution is 5.55. The maximum absolute atomic E-state index is 8.99. The molecule has 4 nitrogen and oxygen atoms in total. The highest BCUT2D eigenvalue weighted by Gasteiger charge is 2.20. The second-order valence-electron chi connectivity index (χ2n) is 4.15. The smallest absolute Gasteiger partial charge is 0.163 e. The monoisotopic (exact) mass is 216 g/mol. The quantitative estimate of drug-likeness (QED) is 0.804. The molecule has 4 heteroatoms. The van der Waals surface area contributed by atoms with Crippen molar-refractivity contribution in [2.45, 2.75) is 12.8 Å². The molecule has 0 aromatic carbocycles. The van der Waals surface area contributed by atoms with Gasteiger partial charge in [-0.05, 0) is 37.4 Å². The van der Waals surface area contributed by atoms with E-state index >= 15 is 0 Å². The summed E-state index contributed by atoms with van der Waals surface area (Å²) in [6.45, 7) is 2.72. The number of piperidine rings is 1. The zero-order valence-electron chi connectivity index (χ0n) is 9.26. The van der Waals surface area contributed by atoms with Crippen molar-refractivity contribution in [1.82, 2.24) is 4.98 Å². The van der Waals surface area contributed by atoms with Gasteiger partial charge in [0.15, 0.2) is 5.69 Å². The number of nitriles is 1. The largest absolute Gasteiger partial charge is 0.369 e. The minimum Gasteiger partial charge on any atom is -0.369 e. The third kappa shape index (κ3) is 2.15. The van der Waals surface area contributed by atoms with Gasteiger partial charge in [0.2, 0.25) is 0 Å². The van der Waals surface area contributed by atoms with E-state index in [9.17, 15) is 0 Å². The summed E-state index contributed by atoms with van der Waals surface area (Å²) in [5.41, 5.74) is 7.14. The van der Waals surface area contributed by atoms with Crippen LogP contribution in [0.25, 0.3) is 0 Å². The van der Waals surface area contributed by atoms with Gasteiger partial charge < -0.3 is 10.6 Å². The van der Waals surface area contributed by atoms with E-state index in [0.29, 0.717) is 11.6 Å². The van der Waals surface area contributed by atoms with E-state index in [1.54, 1.807) is 6.20 Å². The van der Waals surface area contributed by atoms with Gasteiger partial charge in [0.05, 0.1) is 5.69 Å². The molecule has 1 saturated heterocycles. The highest BCUT2D eigenvalue weighted by atomic mass is 15.1. The standard InChI is InChI=1S/C12H16N4/c13-8-10-3-6-16(7-4-10)12-2-1-5-15-11(12)9-14/h1-2,5,10H,3-4,6-8,13H2. The minimum atomic E-state index is 0.522. The number of nitrogens with two attached hydrogens (primary N) is 1. The van der Waals surface area contributed by atoms with Crippen LogP contribution in [-0.4, -0.2) is 24.6 Å². The molecule has 0 atom stereocenters. The first-order chi connectivity index (χ1) is 7.85. The molecular formula is C12H16N4. The maximum atomic E-state index is 8.99. The fourth-order valence-corrected chi connectivity index (χ4v) is 2.15. The van der Waals surface area contributed by atoms with Crippen LogP contribution >= 0.6 is 0 Å². The molecule has 1 fully saturated rings. The first-order valence-electron chi connectivity index (χ1n) is 5.65. The number of pyridine rings is 1. The lowest BCUT2D eigenvalue weighted by Crippen LogP contribution is -2.36. The van der Waals surface area contributed by atoms with Crippen LogP contribution in [0, 0.1) is 17.2 Å².